The molecule has 0 saturated heterocycles. The normalized spacial score (nSPS) is 11.0. The van der Waals surface area contributed by atoms with Gasteiger partial charge in [-0.3, -0.25) is 4.98 Å². The molecule has 5 nitrogen and oxygen atoms in total. The minimum atomic E-state index is -0.971. The molecule has 2 aromatic carbocycles. The van der Waals surface area contributed by atoms with Crippen molar-refractivity contribution in [3.63, 3.8) is 0 Å². The van der Waals surface area contributed by atoms with Gasteiger partial charge >= 0.3 is 5.97 Å². The molecule has 4 rings (SSSR count). The number of fused-ring (bicyclic) bond motifs is 1. The summed E-state index contributed by atoms with van der Waals surface area (Å²) in [6.07, 6.45) is 3.59. The zero-order valence-corrected chi connectivity index (χ0v) is 15.7. The van der Waals surface area contributed by atoms with E-state index < -0.39 is 5.97 Å². The van der Waals surface area contributed by atoms with E-state index in [1.54, 1.807) is 18.3 Å². The third-order valence-corrected chi connectivity index (χ3v) is 4.81. The van der Waals surface area contributed by atoms with E-state index in [-0.39, 0.29) is 5.56 Å². The van der Waals surface area contributed by atoms with Crippen LogP contribution in [0.1, 0.15) is 35.1 Å². The Morgan fingerprint density at radius 2 is 1.82 bits per heavy atom. The topological polar surface area (TPSA) is 68.0 Å². The lowest BCUT2D eigenvalue weighted by Crippen LogP contribution is -2.05. The lowest BCUT2D eigenvalue weighted by Gasteiger charge is -2.10. The molecule has 140 valence electrons. The Hall–Kier alpha value is -3.47. The molecule has 0 bridgehead atoms. The van der Waals surface area contributed by atoms with Crippen molar-refractivity contribution in [3.05, 3.63) is 83.8 Å². The summed E-state index contributed by atoms with van der Waals surface area (Å²) >= 11 is 0. The van der Waals surface area contributed by atoms with Gasteiger partial charge in [-0.2, -0.15) is 0 Å². The number of benzene rings is 2. The lowest BCUT2D eigenvalue weighted by atomic mass is 10.0. The van der Waals surface area contributed by atoms with Crippen LogP contribution in [0, 0.1) is 0 Å². The standard InChI is InChI=1S/C23H21N3O2/c1-2-6-21-25-19-8-3-4-9-20(19)26(21)15-16-10-12-17(13-11-16)22-18(23(27)28)7-5-14-24-22/h3-5,7-14H,2,6,15H2,1H3,(H,27,28). The summed E-state index contributed by atoms with van der Waals surface area (Å²) in [5.74, 6) is 0.118. The van der Waals surface area contributed by atoms with E-state index in [4.69, 9.17) is 4.98 Å². The first-order valence-corrected chi connectivity index (χ1v) is 9.39. The summed E-state index contributed by atoms with van der Waals surface area (Å²) in [5, 5.41) is 9.38. The Labute approximate surface area is 163 Å². The van der Waals surface area contributed by atoms with Crippen molar-refractivity contribution in [1.82, 2.24) is 14.5 Å². The van der Waals surface area contributed by atoms with E-state index in [1.807, 2.05) is 42.5 Å². The number of rotatable bonds is 6. The number of carboxylic acids is 1. The Morgan fingerprint density at radius 1 is 1.04 bits per heavy atom. The molecule has 28 heavy (non-hydrogen) atoms. The van der Waals surface area contributed by atoms with Crippen LogP contribution in [0.5, 0.6) is 0 Å². The van der Waals surface area contributed by atoms with Gasteiger partial charge in [0.2, 0.25) is 0 Å². The van der Waals surface area contributed by atoms with Gasteiger partial charge in [-0.05, 0) is 36.2 Å². The van der Waals surface area contributed by atoms with Crippen molar-refractivity contribution in [2.45, 2.75) is 26.3 Å². The van der Waals surface area contributed by atoms with E-state index in [0.717, 1.165) is 47.4 Å². The number of hydrogen-bond donors (Lipinski definition) is 1. The molecule has 5 heteroatoms. The summed E-state index contributed by atoms with van der Waals surface area (Å²) in [4.78, 5) is 20.5. The van der Waals surface area contributed by atoms with Gasteiger partial charge in [-0.25, -0.2) is 9.78 Å². The number of aromatic nitrogens is 3. The Balaban J connectivity index is 1.67. The number of para-hydroxylation sites is 2. The zero-order valence-electron chi connectivity index (χ0n) is 15.7. The fourth-order valence-corrected chi connectivity index (χ4v) is 3.47. The molecule has 4 aromatic rings. The average molecular weight is 371 g/mol. The van der Waals surface area contributed by atoms with Crippen molar-refractivity contribution < 1.29 is 9.90 Å². The number of aryl methyl sites for hydroxylation is 1. The third kappa shape index (κ3) is 3.39. The van der Waals surface area contributed by atoms with Gasteiger partial charge in [0, 0.05) is 24.7 Å². The highest BCUT2D eigenvalue weighted by Gasteiger charge is 2.13. The van der Waals surface area contributed by atoms with Crippen LogP contribution in [0.3, 0.4) is 0 Å². The van der Waals surface area contributed by atoms with Gasteiger partial charge in [0.05, 0.1) is 22.3 Å². The summed E-state index contributed by atoms with van der Waals surface area (Å²) < 4.78 is 2.26. The van der Waals surface area contributed by atoms with Crippen molar-refractivity contribution in [2.75, 3.05) is 0 Å². The summed E-state index contributed by atoms with van der Waals surface area (Å²) in [7, 11) is 0. The number of imidazole rings is 1. The predicted molar refractivity (Wildman–Crippen MR) is 109 cm³/mol. The molecule has 0 unspecified atom stereocenters. The van der Waals surface area contributed by atoms with E-state index in [9.17, 15) is 9.90 Å². The Bertz CT molecular complexity index is 1130. The van der Waals surface area contributed by atoms with Crippen LogP contribution in [0.25, 0.3) is 22.3 Å². The highest BCUT2D eigenvalue weighted by Crippen LogP contribution is 2.23. The number of hydrogen-bond acceptors (Lipinski definition) is 3. The maximum atomic E-state index is 11.4. The van der Waals surface area contributed by atoms with Crippen molar-refractivity contribution in [2.24, 2.45) is 0 Å². The molecule has 2 heterocycles. The SMILES string of the molecule is CCCc1nc2ccccc2n1Cc1ccc(-c2ncccc2C(=O)O)cc1. The van der Waals surface area contributed by atoms with Crippen LogP contribution in [0.4, 0.5) is 0 Å². The molecular weight excluding hydrogens is 350 g/mol. The second kappa shape index (κ2) is 7.64. The van der Waals surface area contributed by atoms with Crippen LogP contribution < -0.4 is 0 Å². The highest BCUT2D eigenvalue weighted by molar-refractivity contribution is 5.94. The quantitative estimate of drug-likeness (QED) is 0.529. The molecular formula is C23H21N3O2. The fraction of sp³-hybridized carbons (Fsp3) is 0.174. The molecule has 0 spiro atoms. The van der Waals surface area contributed by atoms with Gasteiger partial charge in [0.25, 0.3) is 0 Å². The van der Waals surface area contributed by atoms with Crippen LogP contribution in [0.15, 0.2) is 66.9 Å². The van der Waals surface area contributed by atoms with E-state index in [1.165, 1.54) is 0 Å². The minimum absolute atomic E-state index is 0.209. The largest absolute Gasteiger partial charge is 0.478 e. The average Bonchev–Trinajstić information content (AvgIpc) is 3.06. The molecule has 1 N–H and O–H groups in total. The maximum Gasteiger partial charge on any atom is 0.337 e. The van der Waals surface area contributed by atoms with Gasteiger partial charge in [0.1, 0.15) is 5.82 Å². The van der Waals surface area contributed by atoms with Crippen LogP contribution in [-0.2, 0) is 13.0 Å². The number of aromatic carboxylic acids is 1. The van der Waals surface area contributed by atoms with Gasteiger partial charge in [0.15, 0.2) is 0 Å². The second-order valence-electron chi connectivity index (χ2n) is 6.75. The van der Waals surface area contributed by atoms with E-state index >= 15 is 0 Å². The lowest BCUT2D eigenvalue weighted by molar-refractivity contribution is 0.0697. The third-order valence-electron chi connectivity index (χ3n) is 4.81. The molecule has 0 saturated carbocycles. The molecule has 0 fully saturated rings. The molecule has 0 aliphatic rings. The van der Waals surface area contributed by atoms with Gasteiger partial charge < -0.3 is 9.67 Å². The molecule has 0 amide bonds. The van der Waals surface area contributed by atoms with E-state index in [2.05, 4.69) is 22.5 Å². The summed E-state index contributed by atoms with van der Waals surface area (Å²) in [5.41, 5.74) is 4.78. The molecule has 0 radical (unpaired) electrons. The maximum absolute atomic E-state index is 11.4. The van der Waals surface area contributed by atoms with Crippen LogP contribution in [-0.4, -0.2) is 25.6 Å². The first-order chi connectivity index (χ1) is 13.7. The number of carboxylic acid groups (broad SMARTS) is 1. The van der Waals surface area contributed by atoms with Crippen LogP contribution >= 0.6 is 0 Å². The number of pyridine rings is 1. The predicted octanol–water partition coefficient (Wildman–Crippen LogP) is 4.80. The second-order valence-corrected chi connectivity index (χ2v) is 6.75. The summed E-state index contributed by atoms with van der Waals surface area (Å²) in [6.45, 7) is 2.88. The molecule has 0 aliphatic heterocycles. The smallest absolute Gasteiger partial charge is 0.337 e. The number of nitrogens with zero attached hydrogens (tertiary/aromatic N) is 3. The minimum Gasteiger partial charge on any atom is -0.478 e. The Kier molecular flexibility index (Phi) is 4.89. The molecule has 0 aliphatic carbocycles. The summed E-state index contributed by atoms with van der Waals surface area (Å²) in [6, 6.07) is 19.3. The van der Waals surface area contributed by atoms with E-state index in [0.29, 0.717) is 5.69 Å². The first-order valence-electron chi connectivity index (χ1n) is 9.39. The Morgan fingerprint density at radius 3 is 2.57 bits per heavy atom. The first kappa shape index (κ1) is 17.9. The number of carbonyl (C=O) groups is 1. The van der Waals surface area contributed by atoms with Gasteiger partial charge in [-0.1, -0.05) is 43.3 Å². The monoisotopic (exact) mass is 371 g/mol. The fourth-order valence-electron chi connectivity index (χ4n) is 3.47. The van der Waals surface area contributed by atoms with Crippen molar-refractivity contribution in [3.8, 4) is 11.3 Å². The highest BCUT2D eigenvalue weighted by atomic mass is 16.4. The van der Waals surface area contributed by atoms with Crippen molar-refractivity contribution >= 4 is 17.0 Å². The zero-order chi connectivity index (χ0) is 19.5. The molecule has 2 aromatic heterocycles. The molecule has 0 atom stereocenters. The van der Waals surface area contributed by atoms with Gasteiger partial charge in [-0.15, -0.1) is 0 Å². The van der Waals surface area contributed by atoms with Crippen LogP contribution in [0.2, 0.25) is 0 Å². The van der Waals surface area contributed by atoms with Crippen molar-refractivity contribution in [1.29, 1.82) is 0 Å².